The van der Waals surface area contributed by atoms with Crippen molar-refractivity contribution >= 4 is 46.6 Å². The second-order valence-electron chi connectivity index (χ2n) is 11.9. The van der Waals surface area contributed by atoms with E-state index in [0.29, 0.717) is 0 Å². The first-order valence-corrected chi connectivity index (χ1v) is 15.7. The number of carboxylic acid groups (broad SMARTS) is 4. The Bertz CT molecular complexity index is 2340. The van der Waals surface area contributed by atoms with E-state index in [-0.39, 0.29) is 101 Å². The van der Waals surface area contributed by atoms with Gasteiger partial charge in [-0.05, 0) is 82.9 Å². The molecule has 0 aliphatic carbocycles. The summed E-state index contributed by atoms with van der Waals surface area (Å²) in [6.07, 6.45) is 0. The van der Waals surface area contributed by atoms with E-state index < -0.39 is 23.9 Å². The summed E-state index contributed by atoms with van der Waals surface area (Å²) in [6.45, 7) is 0. The minimum absolute atomic E-state index is 0.0319. The maximum Gasteiger partial charge on any atom is 0.336 e. The van der Waals surface area contributed by atoms with Crippen molar-refractivity contribution in [1.82, 2.24) is 0 Å². The molecule has 0 aliphatic rings. The predicted molar refractivity (Wildman–Crippen MR) is 200 cm³/mol. The molecule has 0 bridgehead atoms. The van der Waals surface area contributed by atoms with Crippen molar-refractivity contribution < 1.29 is 44.3 Å². The second kappa shape index (κ2) is 13.8. The minimum Gasteiger partial charge on any atom is -0.478 e. The van der Waals surface area contributed by atoms with Gasteiger partial charge in [-0.3, -0.25) is 0 Å². The summed E-state index contributed by atoms with van der Waals surface area (Å²) in [6, 6.07) is 26.4. The van der Waals surface area contributed by atoms with Gasteiger partial charge in [0.25, 0.3) is 0 Å². The van der Waals surface area contributed by atoms with Crippen LogP contribution in [0.2, 0.25) is 0 Å². The largest absolute Gasteiger partial charge is 0.478 e. The Balaban J connectivity index is 1.72. The molecule has 0 saturated heterocycles. The molecule has 6 aromatic carbocycles. The first kappa shape index (κ1) is 35.0. The van der Waals surface area contributed by atoms with Gasteiger partial charge in [0.05, 0.1) is 22.3 Å². The van der Waals surface area contributed by atoms with Gasteiger partial charge in [-0.2, -0.15) is 0 Å². The maximum absolute atomic E-state index is 12.6. The summed E-state index contributed by atoms with van der Waals surface area (Å²) < 4.78 is 6.66. The zero-order valence-electron chi connectivity index (χ0n) is 27.5. The molecule has 0 aliphatic heterocycles. The molecule has 0 unspecified atom stereocenters. The highest BCUT2D eigenvalue weighted by molar-refractivity contribution is 6.07. The van der Waals surface area contributed by atoms with E-state index in [2.05, 4.69) is 0 Å². The van der Waals surface area contributed by atoms with Crippen LogP contribution in [0.1, 0.15) is 41.4 Å². The van der Waals surface area contributed by atoms with Crippen LogP contribution in [-0.4, -0.2) is 44.3 Å². The van der Waals surface area contributed by atoms with Gasteiger partial charge in [-0.1, -0.05) is 48.5 Å². The van der Waals surface area contributed by atoms with Gasteiger partial charge >= 0.3 is 23.9 Å². The predicted octanol–water partition coefficient (Wildman–Crippen LogP) is 7.27. The summed E-state index contributed by atoms with van der Waals surface area (Å²) in [5.41, 5.74) is 25.2. The van der Waals surface area contributed by atoms with Gasteiger partial charge in [0.1, 0.15) is 11.5 Å². The summed E-state index contributed by atoms with van der Waals surface area (Å²) in [5.74, 6) is -5.18. The lowest BCUT2D eigenvalue weighted by molar-refractivity contribution is 0.0686. The van der Waals surface area contributed by atoms with Crippen LogP contribution >= 0.6 is 0 Å². The van der Waals surface area contributed by atoms with Crippen LogP contribution < -0.4 is 27.7 Å². The van der Waals surface area contributed by atoms with Crippen LogP contribution in [0.3, 0.4) is 0 Å². The molecule has 6 rings (SSSR count). The molecular formula is C40H30N4O9. The lowest BCUT2D eigenvalue weighted by atomic mass is 9.87. The average molecular weight is 711 g/mol. The number of ether oxygens (including phenoxy) is 1. The van der Waals surface area contributed by atoms with E-state index in [9.17, 15) is 39.6 Å². The zero-order valence-corrected chi connectivity index (χ0v) is 27.5. The van der Waals surface area contributed by atoms with Gasteiger partial charge in [0.15, 0.2) is 0 Å². The number of nitrogen functional groups attached to an aromatic ring is 4. The highest BCUT2D eigenvalue weighted by Gasteiger charge is 2.27. The van der Waals surface area contributed by atoms with E-state index in [0.717, 1.165) is 0 Å². The number of benzene rings is 6. The molecule has 0 radical (unpaired) electrons. The van der Waals surface area contributed by atoms with Crippen LogP contribution in [0.4, 0.5) is 22.7 Å². The minimum atomic E-state index is -1.33. The van der Waals surface area contributed by atoms with Gasteiger partial charge in [-0.15, -0.1) is 0 Å². The fraction of sp³-hybridized carbons (Fsp3) is 0. The molecule has 0 heterocycles. The summed E-state index contributed by atoms with van der Waals surface area (Å²) in [7, 11) is 0. The molecule has 53 heavy (non-hydrogen) atoms. The molecule has 13 heteroatoms. The third-order valence-corrected chi connectivity index (χ3v) is 8.49. The van der Waals surface area contributed by atoms with Gasteiger partial charge in [0, 0.05) is 45.0 Å². The molecule has 0 atom stereocenters. The Labute approximate surface area is 300 Å². The SMILES string of the molecule is Nc1ccc(-c2cccc(Oc3cccc(-c4ccc(N)cc4C(=O)O)c3-c3ccc(N)cc3C(=O)O)c2-c2ccc(N)cc2C(=O)O)c(C(=O)O)c1. The normalized spacial score (nSPS) is 10.8. The first-order valence-electron chi connectivity index (χ1n) is 15.7. The number of carboxylic acids is 4. The summed E-state index contributed by atoms with van der Waals surface area (Å²) >= 11 is 0. The van der Waals surface area contributed by atoms with Crippen LogP contribution in [-0.2, 0) is 0 Å². The Morgan fingerprint density at radius 3 is 0.962 bits per heavy atom. The fourth-order valence-electron chi connectivity index (χ4n) is 6.22. The van der Waals surface area contributed by atoms with E-state index in [1.807, 2.05) is 0 Å². The Kier molecular flexibility index (Phi) is 9.15. The van der Waals surface area contributed by atoms with Crippen molar-refractivity contribution in [3.8, 4) is 56.0 Å². The Hall–Kier alpha value is -7.80. The molecule has 0 aromatic heterocycles. The molecule has 13 nitrogen and oxygen atoms in total. The summed E-state index contributed by atoms with van der Waals surface area (Å²) in [4.78, 5) is 50.2. The van der Waals surface area contributed by atoms with Gasteiger partial charge < -0.3 is 48.1 Å². The number of anilines is 4. The second-order valence-corrected chi connectivity index (χ2v) is 11.9. The number of hydrogen-bond donors (Lipinski definition) is 8. The van der Waals surface area contributed by atoms with Crippen molar-refractivity contribution in [3.63, 3.8) is 0 Å². The molecule has 0 fully saturated rings. The standard InChI is InChI=1S/C40H30N4O9/c41-19-7-11-23(29(15-19)37(45)46)25-3-1-5-33(35(25)27-13-9-21(43)17-31(27)39(49)50)53-34-6-2-4-26(24-12-8-20(42)16-30(24)38(47)48)36(34)28-14-10-22(44)18-32(28)40(51)52/h1-18H,41-44H2,(H,45,46)(H,47,48)(H,49,50)(H,51,52). The molecule has 264 valence electrons. The van der Waals surface area contributed by atoms with Gasteiger partial charge in [0.2, 0.25) is 0 Å². The lowest BCUT2D eigenvalue weighted by Crippen LogP contribution is -2.06. The number of nitrogens with two attached hydrogens (primary N) is 4. The molecule has 0 spiro atoms. The van der Waals surface area contributed by atoms with Crippen molar-refractivity contribution in [1.29, 1.82) is 0 Å². The van der Waals surface area contributed by atoms with Crippen LogP contribution in [0.5, 0.6) is 11.5 Å². The third kappa shape index (κ3) is 6.72. The molecule has 0 saturated carbocycles. The molecular weight excluding hydrogens is 680 g/mol. The lowest BCUT2D eigenvalue weighted by Gasteiger charge is -2.22. The molecule has 12 N–H and O–H groups in total. The maximum atomic E-state index is 12.6. The highest BCUT2D eigenvalue weighted by Crippen LogP contribution is 2.48. The van der Waals surface area contributed by atoms with Gasteiger partial charge in [-0.25, -0.2) is 19.2 Å². The third-order valence-electron chi connectivity index (χ3n) is 8.49. The number of carbonyl (C=O) groups is 4. The van der Waals surface area contributed by atoms with E-state index in [1.165, 1.54) is 84.9 Å². The quantitative estimate of drug-likeness (QED) is 0.0651. The molecule has 0 amide bonds. The van der Waals surface area contributed by atoms with E-state index in [4.69, 9.17) is 27.7 Å². The first-order chi connectivity index (χ1) is 25.2. The van der Waals surface area contributed by atoms with Crippen molar-refractivity contribution in [2.45, 2.75) is 0 Å². The number of hydrogen-bond acceptors (Lipinski definition) is 9. The van der Waals surface area contributed by atoms with Crippen molar-refractivity contribution in [2.24, 2.45) is 0 Å². The topological polar surface area (TPSA) is 263 Å². The Morgan fingerprint density at radius 1 is 0.377 bits per heavy atom. The van der Waals surface area contributed by atoms with E-state index in [1.54, 1.807) is 24.3 Å². The smallest absolute Gasteiger partial charge is 0.336 e. The Morgan fingerprint density at radius 2 is 0.660 bits per heavy atom. The van der Waals surface area contributed by atoms with Crippen LogP contribution in [0.25, 0.3) is 44.5 Å². The van der Waals surface area contributed by atoms with Crippen molar-refractivity contribution in [2.75, 3.05) is 22.9 Å². The average Bonchev–Trinajstić information content (AvgIpc) is 3.11. The monoisotopic (exact) mass is 710 g/mol. The molecule has 6 aromatic rings. The highest BCUT2D eigenvalue weighted by atomic mass is 16.5. The number of rotatable bonds is 10. The van der Waals surface area contributed by atoms with E-state index >= 15 is 0 Å². The number of aromatic carboxylic acids is 4. The van der Waals surface area contributed by atoms with Crippen molar-refractivity contribution in [3.05, 3.63) is 131 Å². The summed E-state index contributed by atoms with van der Waals surface area (Å²) in [5, 5.41) is 40.9. The van der Waals surface area contributed by atoms with Crippen LogP contribution in [0.15, 0.2) is 109 Å². The fourth-order valence-corrected chi connectivity index (χ4v) is 6.22. The zero-order chi connectivity index (χ0) is 38.1. The van der Waals surface area contributed by atoms with Crippen LogP contribution in [0, 0.1) is 0 Å².